The summed E-state index contributed by atoms with van der Waals surface area (Å²) in [6.07, 6.45) is 1.26. The minimum absolute atomic E-state index is 0.327. The van der Waals surface area contributed by atoms with E-state index in [1.807, 2.05) is 0 Å². The van der Waals surface area contributed by atoms with Crippen molar-refractivity contribution in [1.29, 1.82) is 0 Å². The highest BCUT2D eigenvalue weighted by atomic mass is 32.4. The minimum Gasteiger partial charge on any atom is -0.394 e. The molecule has 1 atom stereocenters. The summed E-state index contributed by atoms with van der Waals surface area (Å²) in [6, 6.07) is 13.1. The van der Waals surface area contributed by atoms with Gasteiger partial charge in [-0.25, -0.2) is 0 Å². The van der Waals surface area contributed by atoms with Gasteiger partial charge in [-0.15, -0.1) is 5.10 Å². The molecule has 2 aromatic rings. The first-order chi connectivity index (χ1) is 13.3. The van der Waals surface area contributed by atoms with Crippen LogP contribution < -0.4 is 9.36 Å². The lowest BCUT2D eigenvalue weighted by Crippen LogP contribution is -2.03. The number of hydrazone groups is 1. The molecular weight excluding hydrogens is 424 g/mol. The lowest BCUT2D eigenvalue weighted by Gasteiger charge is -2.05. The quantitative estimate of drug-likeness (QED) is 0.149. The van der Waals surface area contributed by atoms with E-state index < -0.39 is 14.7 Å². The first-order valence-corrected chi connectivity index (χ1v) is 11.7. The number of azide groups is 1. The van der Waals surface area contributed by atoms with Crippen LogP contribution in [0.5, 0.6) is 11.5 Å². The second kappa shape index (κ2) is 10.1. The monoisotopic (exact) mass is 440 g/mol. The van der Waals surface area contributed by atoms with E-state index in [9.17, 15) is 4.57 Å². The van der Waals surface area contributed by atoms with E-state index in [0.29, 0.717) is 17.1 Å². The molecule has 0 radical (unpaired) electrons. The van der Waals surface area contributed by atoms with Crippen LogP contribution in [-0.4, -0.2) is 27.8 Å². The zero-order valence-electron chi connectivity index (χ0n) is 14.6. The molecule has 0 saturated carbocycles. The predicted molar refractivity (Wildman–Crippen MR) is 109 cm³/mol. The Morgan fingerprint density at radius 3 is 2.39 bits per heavy atom. The molecular formula is C15H16N5O5P2S+. The summed E-state index contributed by atoms with van der Waals surface area (Å²) in [5.41, 5.74) is 9.48. The van der Waals surface area contributed by atoms with Gasteiger partial charge >= 0.3 is 14.7 Å². The Hall–Kier alpha value is -2.51. The van der Waals surface area contributed by atoms with E-state index in [2.05, 4.69) is 15.3 Å². The summed E-state index contributed by atoms with van der Waals surface area (Å²) in [6.45, 7) is 0. The molecule has 0 aliphatic rings. The fourth-order valence-corrected chi connectivity index (χ4v) is 3.54. The van der Waals surface area contributed by atoms with Crippen molar-refractivity contribution in [2.24, 2.45) is 10.4 Å². The molecule has 0 bridgehead atoms. The van der Waals surface area contributed by atoms with Crippen LogP contribution in [0.15, 0.2) is 58.9 Å². The molecule has 2 aromatic carbocycles. The van der Waals surface area contributed by atoms with Gasteiger partial charge < -0.3 is 14.6 Å². The molecule has 0 amide bonds. The van der Waals surface area contributed by atoms with E-state index in [1.54, 1.807) is 61.8 Å². The molecule has 10 nitrogen and oxygen atoms in total. The third-order valence-corrected chi connectivity index (χ3v) is 5.82. The van der Waals surface area contributed by atoms with E-state index in [0.717, 1.165) is 5.56 Å². The number of benzene rings is 2. The molecule has 13 heteroatoms. The van der Waals surface area contributed by atoms with E-state index in [1.165, 1.54) is 4.78 Å². The highest BCUT2D eigenvalue weighted by Gasteiger charge is 2.21. The molecule has 2 rings (SSSR count). The van der Waals surface area contributed by atoms with Crippen molar-refractivity contribution in [3.8, 4) is 11.5 Å². The molecule has 1 unspecified atom stereocenters. The Morgan fingerprint density at radius 2 is 1.82 bits per heavy atom. The zero-order valence-corrected chi connectivity index (χ0v) is 17.2. The second-order valence-corrected chi connectivity index (χ2v) is 9.18. The van der Waals surface area contributed by atoms with E-state index >= 15 is 0 Å². The molecule has 0 fully saturated rings. The van der Waals surface area contributed by atoms with Gasteiger partial charge in [-0.3, -0.25) is 9.09 Å². The minimum atomic E-state index is -4.11. The van der Waals surface area contributed by atoms with E-state index in [-0.39, 0.29) is 6.16 Å². The summed E-state index contributed by atoms with van der Waals surface area (Å²) in [7, 11) is -3.91. The Bertz CT molecular complexity index is 942. The number of hydrogen-bond acceptors (Lipinski definition) is 6. The van der Waals surface area contributed by atoms with Crippen molar-refractivity contribution in [3.63, 3.8) is 0 Å². The molecule has 0 aromatic heterocycles. The van der Waals surface area contributed by atoms with Gasteiger partial charge in [0.25, 0.3) is 0 Å². The molecule has 0 heterocycles. The summed E-state index contributed by atoms with van der Waals surface area (Å²) in [5, 5.41) is 7.23. The van der Waals surface area contributed by atoms with Gasteiger partial charge in [-0.05, 0) is 53.1 Å². The predicted octanol–water partition coefficient (Wildman–Crippen LogP) is 4.09. The average molecular weight is 440 g/mol. The molecule has 0 aliphatic carbocycles. The Kier molecular flexibility index (Phi) is 7.90. The Balaban J connectivity index is 1.92. The Morgan fingerprint density at radius 1 is 1.21 bits per heavy atom. The summed E-state index contributed by atoms with van der Waals surface area (Å²) in [4.78, 5) is 25.2. The van der Waals surface area contributed by atoms with E-state index in [4.69, 9.17) is 36.5 Å². The summed E-state index contributed by atoms with van der Waals surface area (Å²) >= 11 is 5.31. The van der Waals surface area contributed by atoms with Gasteiger partial charge in [0.1, 0.15) is 11.0 Å². The standard InChI is InChI=1S/C15H15N5O5P2S/c1-20(17-10-12-2-6-14(7-3-12)24-19-18-16)26(28)25-15-8-4-13(5-9-15)11-27(21,22)23/h2-10H,11H2,1H3,(H-,21,22,23)/p+1/b17-10+. The van der Waals surface area contributed by atoms with Gasteiger partial charge in [0.05, 0.1) is 19.4 Å². The average Bonchev–Trinajstić information content (AvgIpc) is 2.65. The van der Waals surface area contributed by atoms with Crippen molar-refractivity contribution in [2.75, 3.05) is 7.05 Å². The summed E-state index contributed by atoms with van der Waals surface area (Å²) in [5.74, 6) is 0.886. The summed E-state index contributed by atoms with van der Waals surface area (Å²) < 4.78 is 18.2. The highest BCUT2D eigenvalue weighted by molar-refractivity contribution is 8.02. The molecule has 2 N–H and O–H groups in total. The third kappa shape index (κ3) is 7.62. The largest absolute Gasteiger partial charge is 0.540 e. The molecule has 28 heavy (non-hydrogen) atoms. The maximum atomic E-state index is 11.0. The topological polar surface area (TPSA) is 140 Å². The SMILES string of the molecule is CN(/N=C/c1ccc(ON=[N+]=[N-])cc1)[P+](=S)Oc1ccc(CP(=O)(O)O)cc1. The first kappa shape index (κ1) is 21.8. The van der Waals surface area contributed by atoms with Crippen LogP contribution in [0.4, 0.5) is 0 Å². The molecule has 0 aliphatic heterocycles. The Labute approximate surface area is 166 Å². The molecule has 0 spiro atoms. The van der Waals surface area contributed by atoms with Crippen LogP contribution in [0.25, 0.3) is 10.4 Å². The van der Waals surface area contributed by atoms with Crippen LogP contribution in [0.3, 0.4) is 0 Å². The van der Waals surface area contributed by atoms with Crippen LogP contribution in [0.2, 0.25) is 0 Å². The number of hydrogen-bond donors (Lipinski definition) is 2. The maximum absolute atomic E-state index is 11.0. The normalized spacial score (nSPS) is 11.6. The second-order valence-electron chi connectivity index (χ2n) is 5.36. The van der Waals surface area contributed by atoms with Crippen molar-refractivity contribution in [1.82, 2.24) is 4.78 Å². The van der Waals surface area contributed by atoms with Gasteiger partial charge in [0, 0.05) is 4.91 Å². The number of rotatable bonds is 9. The van der Waals surface area contributed by atoms with Gasteiger partial charge in [0.15, 0.2) is 5.75 Å². The lowest BCUT2D eigenvalue weighted by atomic mass is 10.2. The number of nitrogens with zero attached hydrogens (tertiary/aromatic N) is 5. The third-order valence-electron chi connectivity index (χ3n) is 3.17. The van der Waals surface area contributed by atoms with Crippen LogP contribution >= 0.6 is 14.7 Å². The van der Waals surface area contributed by atoms with Crippen LogP contribution in [0, 0.1) is 0 Å². The first-order valence-electron chi connectivity index (χ1n) is 7.65. The van der Waals surface area contributed by atoms with Crippen molar-refractivity contribution < 1.29 is 23.7 Å². The molecule has 0 saturated heterocycles. The van der Waals surface area contributed by atoms with Gasteiger partial charge in [0.2, 0.25) is 11.8 Å². The van der Waals surface area contributed by atoms with Crippen molar-refractivity contribution >= 4 is 32.7 Å². The van der Waals surface area contributed by atoms with Crippen LogP contribution in [0.1, 0.15) is 11.1 Å². The van der Waals surface area contributed by atoms with Crippen molar-refractivity contribution in [2.45, 2.75) is 6.16 Å². The van der Waals surface area contributed by atoms with Crippen molar-refractivity contribution in [3.05, 3.63) is 70.1 Å². The fraction of sp³-hybridized carbons (Fsp3) is 0.133. The lowest BCUT2D eigenvalue weighted by molar-refractivity contribution is 0.333. The maximum Gasteiger partial charge on any atom is 0.540 e. The smallest absolute Gasteiger partial charge is 0.394 e. The molecule has 146 valence electrons. The fourth-order valence-electron chi connectivity index (χ4n) is 1.92. The zero-order chi connectivity index (χ0) is 20.6. The van der Waals surface area contributed by atoms with Crippen LogP contribution in [-0.2, 0) is 22.5 Å². The highest BCUT2D eigenvalue weighted by Crippen LogP contribution is 2.39. The van der Waals surface area contributed by atoms with Gasteiger partial charge in [-0.2, -0.15) is 0 Å². The van der Waals surface area contributed by atoms with Gasteiger partial charge in [-0.1, -0.05) is 16.9 Å².